The molecule has 0 saturated carbocycles. The molecule has 2 heterocycles. The van der Waals surface area contributed by atoms with Crippen LogP contribution in [0.1, 0.15) is 18.1 Å². The van der Waals surface area contributed by atoms with Gasteiger partial charge in [-0.2, -0.15) is 4.98 Å². The van der Waals surface area contributed by atoms with Gasteiger partial charge in [-0.25, -0.2) is 4.79 Å². The molecule has 2 N–H and O–H groups in total. The Kier molecular flexibility index (Phi) is 6.37. The van der Waals surface area contributed by atoms with Crippen LogP contribution >= 0.6 is 11.6 Å². The second-order valence-electron chi connectivity index (χ2n) is 7.85. The molecule has 9 heteroatoms. The molecule has 0 bridgehead atoms. The van der Waals surface area contributed by atoms with E-state index in [4.69, 9.17) is 11.6 Å². The normalized spacial score (nSPS) is 11.7. The van der Waals surface area contributed by atoms with E-state index in [-0.39, 0.29) is 6.54 Å². The van der Waals surface area contributed by atoms with Crippen LogP contribution in [0.4, 0.5) is 5.95 Å². The molecule has 0 aliphatic heterocycles. The fraction of sp³-hybridized carbons (Fsp3) is 0.208. The average molecular weight is 465 g/mol. The van der Waals surface area contributed by atoms with E-state index >= 15 is 0 Å². The van der Waals surface area contributed by atoms with Crippen LogP contribution in [0.5, 0.6) is 0 Å². The Hall–Kier alpha value is -3.78. The fourth-order valence-electron chi connectivity index (χ4n) is 3.56. The lowest BCUT2D eigenvalue weighted by Crippen LogP contribution is -2.39. The number of allylic oxidation sites excluding steroid dienone is 2. The van der Waals surface area contributed by atoms with E-state index in [1.54, 1.807) is 42.9 Å². The number of nitrogens with zero attached hydrogens (tertiary/aromatic N) is 4. The van der Waals surface area contributed by atoms with E-state index in [1.807, 2.05) is 25.1 Å². The van der Waals surface area contributed by atoms with Crippen molar-refractivity contribution >= 4 is 28.7 Å². The largest absolute Gasteiger partial charge is 0.332 e. The summed E-state index contributed by atoms with van der Waals surface area (Å²) in [6, 6.07) is 17.2. The van der Waals surface area contributed by atoms with Crippen molar-refractivity contribution in [3.8, 4) is 0 Å². The first-order valence-electron chi connectivity index (χ1n) is 10.5. The lowest BCUT2D eigenvalue weighted by molar-refractivity contribution is 0.655. The summed E-state index contributed by atoms with van der Waals surface area (Å²) in [5, 5.41) is 0.595. The molecule has 0 unspecified atom stereocenters. The Morgan fingerprint density at radius 2 is 1.70 bits per heavy atom. The van der Waals surface area contributed by atoms with Gasteiger partial charge in [0.25, 0.3) is 5.56 Å². The highest BCUT2D eigenvalue weighted by Crippen LogP contribution is 2.14. The van der Waals surface area contributed by atoms with Crippen LogP contribution in [0, 0.1) is 0 Å². The quantitative estimate of drug-likeness (QED) is 0.410. The van der Waals surface area contributed by atoms with Crippen molar-refractivity contribution in [2.75, 3.05) is 5.43 Å². The Labute approximate surface area is 195 Å². The minimum atomic E-state index is -0.431. The lowest BCUT2D eigenvalue weighted by Gasteiger charge is -2.10. The van der Waals surface area contributed by atoms with Crippen LogP contribution in [0.3, 0.4) is 0 Å². The number of halogens is 1. The number of hydrogen-bond donors (Lipinski definition) is 2. The minimum absolute atomic E-state index is 0.145. The Bertz CT molecular complexity index is 1430. The first-order valence-corrected chi connectivity index (χ1v) is 10.9. The highest BCUT2D eigenvalue weighted by Gasteiger charge is 2.18. The number of anilines is 1. The first-order chi connectivity index (χ1) is 15.8. The highest BCUT2D eigenvalue weighted by atomic mass is 35.5. The molecule has 0 aliphatic carbocycles. The number of rotatable bonds is 7. The van der Waals surface area contributed by atoms with Gasteiger partial charge in [0.05, 0.1) is 6.54 Å². The SMILES string of the molecule is C/C(=C/Cc1ccccc1)NNc1nc2c(c(=O)n(Cc3ccc(Cl)cc3)c(=O)n2C)n1C. The summed E-state index contributed by atoms with van der Waals surface area (Å²) in [4.78, 5) is 30.6. The zero-order valence-electron chi connectivity index (χ0n) is 18.7. The van der Waals surface area contributed by atoms with E-state index in [0.717, 1.165) is 17.7 Å². The predicted molar refractivity (Wildman–Crippen MR) is 131 cm³/mol. The molecule has 0 saturated heterocycles. The molecule has 2 aromatic carbocycles. The zero-order chi connectivity index (χ0) is 23.5. The monoisotopic (exact) mass is 464 g/mol. The van der Waals surface area contributed by atoms with Gasteiger partial charge >= 0.3 is 5.69 Å². The van der Waals surface area contributed by atoms with Gasteiger partial charge in [0.1, 0.15) is 0 Å². The van der Waals surface area contributed by atoms with Crippen molar-refractivity contribution in [2.24, 2.45) is 14.1 Å². The standard InChI is InChI=1S/C24H25ClN6O2/c1-16(9-10-17-7-5-4-6-8-17)27-28-23-26-21-20(29(23)2)22(32)31(24(33)30(21)3)15-18-11-13-19(25)14-12-18/h4-9,11-14,27H,10,15H2,1-3H3,(H,26,28)/b16-9-. The molecule has 0 atom stereocenters. The maximum Gasteiger partial charge on any atom is 0.332 e. The molecule has 33 heavy (non-hydrogen) atoms. The van der Waals surface area contributed by atoms with E-state index in [1.165, 1.54) is 14.7 Å². The molecule has 170 valence electrons. The maximum absolute atomic E-state index is 13.2. The van der Waals surface area contributed by atoms with Crippen molar-refractivity contribution in [2.45, 2.75) is 19.9 Å². The number of imidazole rings is 1. The van der Waals surface area contributed by atoms with Crippen LogP contribution in [0.2, 0.25) is 5.02 Å². The van der Waals surface area contributed by atoms with Gasteiger partial charge in [-0.15, -0.1) is 0 Å². The third-order valence-electron chi connectivity index (χ3n) is 5.47. The van der Waals surface area contributed by atoms with Gasteiger partial charge in [-0.3, -0.25) is 19.4 Å². The van der Waals surface area contributed by atoms with Crippen LogP contribution < -0.4 is 22.1 Å². The third kappa shape index (κ3) is 4.70. The Morgan fingerprint density at radius 3 is 2.39 bits per heavy atom. The highest BCUT2D eigenvalue weighted by molar-refractivity contribution is 6.30. The number of nitrogens with one attached hydrogen (secondary N) is 2. The van der Waals surface area contributed by atoms with Crippen molar-refractivity contribution in [3.63, 3.8) is 0 Å². The van der Waals surface area contributed by atoms with Crippen LogP contribution in [-0.2, 0) is 27.1 Å². The van der Waals surface area contributed by atoms with E-state index in [9.17, 15) is 9.59 Å². The Balaban J connectivity index is 1.60. The van der Waals surface area contributed by atoms with Crippen molar-refractivity contribution in [1.29, 1.82) is 0 Å². The lowest BCUT2D eigenvalue weighted by atomic mass is 10.1. The van der Waals surface area contributed by atoms with Gasteiger partial charge in [-0.1, -0.05) is 60.1 Å². The molecule has 4 aromatic rings. The number of hydrogen-bond acceptors (Lipinski definition) is 5. The Morgan fingerprint density at radius 1 is 1.00 bits per heavy atom. The zero-order valence-corrected chi connectivity index (χ0v) is 19.4. The van der Waals surface area contributed by atoms with Crippen LogP contribution in [-0.4, -0.2) is 18.7 Å². The van der Waals surface area contributed by atoms with Gasteiger partial charge in [-0.05, 0) is 36.6 Å². The summed E-state index contributed by atoms with van der Waals surface area (Å²) in [5.74, 6) is 0.425. The maximum atomic E-state index is 13.2. The summed E-state index contributed by atoms with van der Waals surface area (Å²) in [5.41, 5.74) is 8.88. The predicted octanol–water partition coefficient (Wildman–Crippen LogP) is 3.20. The van der Waals surface area contributed by atoms with Gasteiger partial charge in [0.15, 0.2) is 11.2 Å². The minimum Gasteiger partial charge on any atom is -0.306 e. The van der Waals surface area contributed by atoms with Gasteiger partial charge in [0, 0.05) is 24.8 Å². The van der Waals surface area contributed by atoms with Gasteiger partial charge < -0.3 is 9.99 Å². The summed E-state index contributed by atoms with van der Waals surface area (Å²) in [7, 11) is 3.35. The van der Waals surface area contributed by atoms with E-state index in [2.05, 4.69) is 34.0 Å². The fourth-order valence-corrected chi connectivity index (χ4v) is 3.68. The van der Waals surface area contributed by atoms with Crippen molar-refractivity contribution < 1.29 is 0 Å². The third-order valence-corrected chi connectivity index (χ3v) is 5.72. The first kappa shape index (κ1) is 22.4. The number of fused-ring (bicyclic) bond motifs is 1. The molecule has 4 rings (SSSR count). The van der Waals surface area contributed by atoms with Crippen molar-refractivity contribution in [1.82, 2.24) is 24.1 Å². The summed E-state index contributed by atoms with van der Waals surface area (Å²) >= 11 is 5.94. The molecule has 0 radical (unpaired) electrons. The smallest absolute Gasteiger partial charge is 0.306 e. The number of benzene rings is 2. The molecule has 0 spiro atoms. The van der Waals surface area contributed by atoms with Crippen LogP contribution in [0.25, 0.3) is 11.2 Å². The average Bonchev–Trinajstić information content (AvgIpc) is 3.16. The van der Waals surface area contributed by atoms with Crippen molar-refractivity contribution in [3.05, 3.63) is 103 Å². The number of aromatic nitrogens is 4. The summed E-state index contributed by atoms with van der Waals surface area (Å²) in [6.07, 6.45) is 2.84. The summed E-state index contributed by atoms with van der Waals surface area (Å²) in [6.45, 7) is 2.08. The second kappa shape index (κ2) is 9.38. The summed E-state index contributed by atoms with van der Waals surface area (Å²) < 4.78 is 4.23. The van der Waals surface area contributed by atoms with E-state index < -0.39 is 11.2 Å². The molecular weight excluding hydrogens is 440 g/mol. The topological polar surface area (TPSA) is 85.9 Å². The van der Waals surface area contributed by atoms with Gasteiger partial charge in [0.2, 0.25) is 5.95 Å². The van der Waals surface area contributed by atoms with Crippen LogP contribution in [0.15, 0.2) is 76.0 Å². The molecule has 8 nitrogen and oxygen atoms in total. The number of hydrazine groups is 1. The second-order valence-corrected chi connectivity index (χ2v) is 8.29. The molecule has 0 aliphatic rings. The molecule has 2 aromatic heterocycles. The molecule has 0 fully saturated rings. The van der Waals surface area contributed by atoms with E-state index in [0.29, 0.717) is 22.1 Å². The molecular formula is C24H25ClN6O2. The number of aryl methyl sites for hydroxylation is 2. The molecule has 0 amide bonds.